The van der Waals surface area contributed by atoms with Crippen molar-refractivity contribution in [3.63, 3.8) is 0 Å². The summed E-state index contributed by atoms with van der Waals surface area (Å²) in [5, 5.41) is 24.7. The van der Waals surface area contributed by atoms with Crippen molar-refractivity contribution in [2.24, 2.45) is 5.41 Å². The first-order valence-corrected chi connectivity index (χ1v) is 7.34. The van der Waals surface area contributed by atoms with Gasteiger partial charge >= 0.3 is 0 Å². The summed E-state index contributed by atoms with van der Waals surface area (Å²) < 4.78 is 5.33. The van der Waals surface area contributed by atoms with Crippen molar-refractivity contribution < 1.29 is 14.7 Å². The van der Waals surface area contributed by atoms with Crippen LogP contribution in [0.15, 0.2) is 28.1 Å². The molecule has 2 heterocycles. The molecule has 0 radical (unpaired) electrons. The van der Waals surface area contributed by atoms with E-state index in [4.69, 9.17) is 4.52 Å². The van der Waals surface area contributed by atoms with Gasteiger partial charge in [-0.25, -0.2) is 0 Å². The average molecular weight is 296 g/mol. The summed E-state index contributed by atoms with van der Waals surface area (Å²) >= 11 is 1.61. The zero-order valence-corrected chi connectivity index (χ0v) is 12.6. The molecular weight excluding hydrogens is 276 g/mol. The van der Waals surface area contributed by atoms with Crippen LogP contribution in [0, 0.1) is 5.41 Å². The predicted molar refractivity (Wildman–Crippen MR) is 78.4 cm³/mol. The molecule has 0 aliphatic carbocycles. The Labute approximate surface area is 122 Å². The number of aromatic nitrogens is 1. The molecular formula is C14H20N2O3S. The molecule has 0 amide bonds. The first kappa shape index (κ1) is 15.2. The van der Waals surface area contributed by atoms with Gasteiger partial charge in [0, 0.05) is 24.6 Å². The van der Waals surface area contributed by atoms with Gasteiger partial charge in [-0.1, -0.05) is 18.1 Å². The van der Waals surface area contributed by atoms with Crippen LogP contribution in [-0.2, 0) is 6.54 Å². The van der Waals surface area contributed by atoms with Gasteiger partial charge in [0.1, 0.15) is 0 Å². The SMILES string of the molecule is CN(Cc1cc(-c2cccs2)on1)CC(C)(CO)CO. The molecule has 0 aliphatic heterocycles. The van der Waals surface area contributed by atoms with E-state index in [1.807, 2.05) is 42.5 Å². The zero-order chi connectivity index (χ0) is 14.6. The second-order valence-electron chi connectivity index (χ2n) is 5.46. The van der Waals surface area contributed by atoms with Gasteiger partial charge in [-0.15, -0.1) is 11.3 Å². The van der Waals surface area contributed by atoms with E-state index < -0.39 is 5.41 Å². The standard InChI is InChI=1S/C14H20N2O3S/c1-14(9-17,10-18)8-16(2)7-11-6-12(19-15-11)13-4-3-5-20-13/h3-6,17-18H,7-10H2,1-2H3. The normalized spacial score (nSPS) is 12.2. The second-order valence-corrected chi connectivity index (χ2v) is 6.41. The molecule has 0 spiro atoms. The maximum absolute atomic E-state index is 9.31. The fourth-order valence-electron chi connectivity index (χ4n) is 2.06. The quantitative estimate of drug-likeness (QED) is 0.815. The molecule has 0 saturated carbocycles. The molecule has 20 heavy (non-hydrogen) atoms. The highest BCUT2D eigenvalue weighted by Crippen LogP contribution is 2.25. The van der Waals surface area contributed by atoms with Crippen LogP contribution in [0.5, 0.6) is 0 Å². The van der Waals surface area contributed by atoms with E-state index in [1.54, 1.807) is 11.3 Å². The molecule has 0 unspecified atom stereocenters. The third kappa shape index (κ3) is 3.67. The Morgan fingerprint density at radius 1 is 1.40 bits per heavy atom. The topological polar surface area (TPSA) is 69.7 Å². The molecule has 2 aromatic rings. The minimum atomic E-state index is -0.505. The lowest BCUT2D eigenvalue weighted by Gasteiger charge is -2.29. The lowest BCUT2D eigenvalue weighted by Crippen LogP contribution is -2.38. The molecule has 5 nitrogen and oxygen atoms in total. The number of nitrogens with zero attached hydrogens (tertiary/aromatic N) is 2. The smallest absolute Gasteiger partial charge is 0.177 e. The van der Waals surface area contributed by atoms with Crippen molar-refractivity contribution in [3.8, 4) is 10.6 Å². The number of aliphatic hydroxyl groups excluding tert-OH is 2. The van der Waals surface area contributed by atoms with Crippen molar-refractivity contribution in [1.29, 1.82) is 0 Å². The molecule has 0 atom stereocenters. The van der Waals surface area contributed by atoms with Gasteiger partial charge in [-0.05, 0) is 18.5 Å². The summed E-state index contributed by atoms with van der Waals surface area (Å²) in [6, 6.07) is 5.90. The molecule has 0 aliphatic rings. The van der Waals surface area contributed by atoms with Gasteiger partial charge in [0.25, 0.3) is 0 Å². The number of thiophene rings is 1. The Morgan fingerprint density at radius 3 is 2.75 bits per heavy atom. The van der Waals surface area contributed by atoms with Gasteiger partial charge in [-0.2, -0.15) is 0 Å². The molecule has 2 N–H and O–H groups in total. The van der Waals surface area contributed by atoms with E-state index in [0.717, 1.165) is 16.3 Å². The summed E-state index contributed by atoms with van der Waals surface area (Å²) in [5.41, 5.74) is 0.337. The fraction of sp³-hybridized carbons (Fsp3) is 0.500. The van der Waals surface area contributed by atoms with Crippen LogP contribution in [0.25, 0.3) is 10.6 Å². The van der Waals surface area contributed by atoms with Gasteiger partial charge in [-0.3, -0.25) is 4.90 Å². The van der Waals surface area contributed by atoms with E-state index in [0.29, 0.717) is 13.1 Å². The van der Waals surface area contributed by atoms with Crippen LogP contribution in [0.1, 0.15) is 12.6 Å². The highest BCUT2D eigenvalue weighted by Gasteiger charge is 2.24. The van der Waals surface area contributed by atoms with Crippen LogP contribution >= 0.6 is 11.3 Å². The average Bonchev–Trinajstić information content (AvgIpc) is 3.08. The lowest BCUT2D eigenvalue weighted by atomic mass is 9.92. The van der Waals surface area contributed by atoms with Gasteiger partial charge in [0.15, 0.2) is 5.76 Å². The van der Waals surface area contributed by atoms with Crippen LogP contribution in [-0.4, -0.2) is 47.1 Å². The molecule has 0 bridgehead atoms. The fourth-order valence-corrected chi connectivity index (χ4v) is 2.73. The lowest BCUT2D eigenvalue weighted by molar-refractivity contribution is 0.0397. The third-order valence-electron chi connectivity index (χ3n) is 3.17. The van der Waals surface area contributed by atoms with Crippen molar-refractivity contribution in [1.82, 2.24) is 10.1 Å². The summed E-state index contributed by atoms with van der Waals surface area (Å²) in [6.45, 7) is 2.95. The highest BCUT2D eigenvalue weighted by atomic mass is 32.1. The van der Waals surface area contributed by atoms with Gasteiger partial charge in [0.05, 0.1) is 23.8 Å². The van der Waals surface area contributed by atoms with E-state index in [-0.39, 0.29) is 13.2 Å². The minimum absolute atomic E-state index is 0.0485. The van der Waals surface area contributed by atoms with Crippen LogP contribution < -0.4 is 0 Å². The second kappa shape index (κ2) is 6.49. The summed E-state index contributed by atoms with van der Waals surface area (Å²) in [6.07, 6.45) is 0. The highest BCUT2D eigenvalue weighted by molar-refractivity contribution is 7.13. The van der Waals surface area contributed by atoms with Gasteiger partial charge < -0.3 is 14.7 Å². The number of aliphatic hydroxyl groups is 2. The maximum atomic E-state index is 9.31. The van der Waals surface area contributed by atoms with E-state index >= 15 is 0 Å². The molecule has 2 rings (SSSR count). The molecule has 110 valence electrons. The van der Waals surface area contributed by atoms with E-state index in [9.17, 15) is 10.2 Å². The number of rotatable bonds is 7. The monoisotopic (exact) mass is 296 g/mol. The van der Waals surface area contributed by atoms with Crippen molar-refractivity contribution in [2.45, 2.75) is 13.5 Å². The Balaban J connectivity index is 1.97. The first-order chi connectivity index (χ1) is 9.56. The Morgan fingerprint density at radius 2 is 2.15 bits per heavy atom. The van der Waals surface area contributed by atoms with E-state index in [1.165, 1.54) is 0 Å². The predicted octanol–water partition coefficient (Wildman–Crippen LogP) is 1.83. The van der Waals surface area contributed by atoms with Crippen LogP contribution in [0.3, 0.4) is 0 Å². The van der Waals surface area contributed by atoms with Crippen molar-refractivity contribution in [3.05, 3.63) is 29.3 Å². The van der Waals surface area contributed by atoms with Crippen LogP contribution in [0.2, 0.25) is 0 Å². The maximum Gasteiger partial charge on any atom is 0.177 e. The Kier molecular flexibility index (Phi) is 4.93. The molecule has 0 saturated heterocycles. The molecule has 6 heteroatoms. The largest absolute Gasteiger partial charge is 0.396 e. The van der Waals surface area contributed by atoms with Crippen molar-refractivity contribution >= 4 is 11.3 Å². The van der Waals surface area contributed by atoms with Crippen LogP contribution in [0.4, 0.5) is 0 Å². The summed E-state index contributed by atoms with van der Waals surface area (Å²) in [4.78, 5) is 3.07. The number of hydrogen-bond donors (Lipinski definition) is 2. The molecule has 0 aromatic carbocycles. The Bertz CT molecular complexity index is 520. The molecule has 0 fully saturated rings. The summed E-state index contributed by atoms with van der Waals surface area (Å²) in [5.74, 6) is 0.774. The first-order valence-electron chi connectivity index (χ1n) is 6.46. The third-order valence-corrected chi connectivity index (χ3v) is 4.05. The van der Waals surface area contributed by atoms with Crippen molar-refractivity contribution in [2.75, 3.05) is 26.8 Å². The summed E-state index contributed by atoms with van der Waals surface area (Å²) in [7, 11) is 1.93. The molecule has 2 aromatic heterocycles. The number of hydrogen-bond acceptors (Lipinski definition) is 6. The van der Waals surface area contributed by atoms with E-state index in [2.05, 4.69) is 5.16 Å². The minimum Gasteiger partial charge on any atom is -0.396 e. The zero-order valence-electron chi connectivity index (χ0n) is 11.7. The van der Waals surface area contributed by atoms with Gasteiger partial charge in [0.2, 0.25) is 0 Å². The Hall–Kier alpha value is -1.21.